The second kappa shape index (κ2) is 7.75. The number of anilines is 1. The fourth-order valence-corrected chi connectivity index (χ4v) is 3.27. The van der Waals surface area contributed by atoms with Crippen molar-refractivity contribution in [2.75, 3.05) is 18.9 Å². The van der Waals surface area contributed by atoms with Crippen molar-refractivity contribution in [3.05, 3.63) is 64.7 Å². The highest BCUT2D eigenvalue weighted by Crippen LogP contribution is 2.34. The first-order valence-electron chi connectivity index (χ1n) is 7.91. The van der Waals surface area contributed by atoms with Crippen LogP contribution in [-0.4, -0.2) is 23.6 Å². The topological polar surface area (TPSA) is 38.5 Å². The van der Waals surface area contributed by atoms with Crippen molar-refractivity contribution in [2.24, 2.45) is 0 Å². The minimum absolute atomic E-state index is 0. The molecule has 2 N–H and O–H groups in total. The fourth-order valence-electron chi connectivity index (χ4n) is 3.01. The second-order valence-corrected chi connectivity index (χ2v) is 7.17. The van der Waals surface area contributed by atoms with Crippen LogP contribution in [0.2, 0.25) is 5.02 Å². The van der Waals surface area contributed by atoms with E-state index in [1.807, 2.05) is 42.5 Å². The monoisotopic (exact) mass is 366 g/mol. The van der Waals surface area contributed by atoms with Crippen LogP contribution in [-0.2, 0) is 11.3 Å². The zero-order valence-corrected chi connectivity index (χ0v) is 15.6. The lowest BCUT2D eigenvalue weighted by Gasteiger charge is -2.45. The van der Waals surface area contributed by atoms with Crippen LogP contribution in [0.1, 0.15) is 31.1 Å². The molecule has 3 nitrogen and oxygen atoms in total. The van der Waals surface area contributed by atoms with Gasteiger partial charge in [-0.1, -0.05) is 41.9 Å². The lowest BCUT2D eigenvalue weighted by Crippen LogP contribution is -2.53. The molecule has 2 aromatic rings. The molecule has 130 valence electrons. The van der Waals surface area contributed by atoms with Gasteiger partial charge >= 0.3 is 0 Å². The molecular weight excluding hydrogens is 343 g/mol. The Hall–Kier alpha value is -1.26. The van der Waals surface area contributed by atoms with Gasteiger partial charge in [-0.25, -0.2) is 0 Å². The van der Waals surface area contributed by atoms with Crippen LogP contribution < -0.4 is 5.73 Å². The molecule has 1 unspecified atom stereocenters. The van der Waals surface area contributed by atoms with E-state index in [1.54, 1.807) is 0 Å². The minimum atomic E-state index is -0.0254. The maximum Gasteiger partial charge on any atom is 0.0967 e. The van der Waals surface area contributed by atoms with E-state index in [1.165, 1.54) is 5.56 Å². The first-order chi connectivity index (χ1) is 11.0. The van der Waals surface area contributed by atoms with Crippen LogP contribution in [0.4, 0.5) is 5.69 Å². The van der Waals surface area contributed by atoms with E-state index in [2.05, 4.69) is 24.8 Å². The van der Waals surface area contributed by atoms with Gasteiger partial charge in [0.1, 0.15) is 0 Å². The van der Waals surface area contributed by atoms with E-state index < -0.39 is 0 Å². The number of rotatable bonds is 3. The second-order valence-electron chi connectivity index (χ2n) is 6.76. The summed E-state index contributed by atoms with van der Waals surface area (Å²) in [6, 6.07) is 16.0. The van der Waals surface area contributed by atoms with Crippen molar-refractivity contribution >= 4 is 29.7 Å². The molecule has 1 saturated heterocycles. The Morgan fingerprint density at radius 1 is 1.21 bits per heavy atom. The van der Waals surface area contributed by atoms with E-state index in [4.69, 9.17) is 22.1 Å². The third kappa shape index (κ3) is 4.22. The van der Waals surface area contributed by atoms with Crippen molar-refractivity contribution in [3.8, 4) is 0 Å². The SMILES string of the molecule is CC1(C)COC(c2ccccc2Cl)CN1Cc1cccc(N)c1.Cl. The van der Waals surface area contributed by atoms with Crippen LogP contribution >= 0.6 is 24.0 Å². The molecule has 0 aromatic heterocycles. The molecule has 0 aliphatic carbocycles. The third-order valence-corrected chi connectivity index (χ3v) is 4.80. The first-order valence-corrected chi connectivity index (χ1v) is 8.29. The normalized spacial score (nSPS) is 20.4. The summed E-state index contributed by atoms with van der Waals surface area (Å²) >= 11 is 6.34. The summed E-state index contributed by atoms with van der Waals surface area (Å²) < 4.78 is 6.10. The molecule has 0 spiro atoms. The van der Waals surface area contributed by atoms with Gasteiger partial charge in [-0.05, 0) is 37.6 Å². The van der Waals surface area contributed by atoms with E-state index in [-0.39, 0.29) is 24.0 Å². The Balaban J connectivity index is 0.00000208. The summed E-state index contributed by atoms with van der Waals surface area (Å²) in [5, 5.41) is 0.765. The zero-order valence-electron chi connectivity index (χ0n) is 14.0. The Labute approximate surface area is 155 Å². The molecule has 1 heterocycles. The highest BCUT2D eigenvalue weighted by molar-refractivity contribution is 6.31. The van der Waals surface area contributed by atoms with Crippen LogP contribution in [0, 0.1) is 0 Å². The molecule has 3 rings (SSSR count). The maximum atomic E-state index is 6.34. The Morgan fingerprint density at radius 2 is 1.96 bits per heavy atom. The van der Waals surface area contributed by atoms with Gasteiger partial charge in [0.05, 0.1) is 12.7 Å². The molecule has 5 heteroatoms. The molecule has 1 fully saturated rings. The number of nitrogen functional groups attached to an aromatic ring is 1. The lowest BCUT2D eigenvalue weighted by atomic mass is 9.97. The van der Waals surface area contributed by atoms with Gasteiger partial charge < -0.3 is 10.5 Å². The molecule has 0 bridgehead atoms. The molecule has 1 aliphatic heterocycles. The predicted molar refractivity (Wildman–Crippen MR) is 103 cm³/mol. The molecule has 1 atom stereocenters. The van der Waals surface area contributed by atoms with E-state index in [0.29, 0.717) is 6.61 Å². The standard InChI is InChI=1S/C19H23ClN2O.ClH/c1-19(2)13-23-18(16-8-3-4-9-17(16)20)12-22(19)11-14-6-5-7-15(21)10-14;/h3-10,18H,11-13,21H2,1-2H3;1H. The van der Waals surface area contributed by atoms with Gasteiger partial charge in [-0.2, -0.15) is 0 Å². The van der Waals surface area contributed by atoms with E-state index in [9.17, 15) is 0 Å². The third-order valence-electron chi connectivity index (χ3n) is 4.46. The molecule has 2 aromatic carbocycles. The number of ether oxygens (including phenoxy) is 1. The van der Waals surface area contributed by atoms with Crippen LogP contribution in [0.5, 0.6) is 0 Å². The number of morpholine rings is 1. The number of nitrogens with zero attached hydrogens (tertiary/aromatic N) is 1. The van der Waals surface area contributed by atoms with Crippen molar-refractivity contribution < 1.29 is 4.74 Å². The quantitative estimate of drug-likeness (QED) is 0.800. The number of hydrogen-bond acceptors (Lipinski definition) is 3. The van der Waals surface area contributed by atoms with Gasteiger partial charge in [0.25, 0.3) is 0 Å². The van der Waals surface area contributed by atoms with Crippen LogP contribution in [0.15, 0.2) is 48.5 Å². The molecule has 0 amide bonds. The van der Waals surface area contributed by atoms with Gasteiger partial charge in [-0.15, -0.1) is 12.4 Å². The highest BCUT2D eigenvalue weighted by atomic mass is 35.5. The predicted octanol–water partition coefficient (Wildman–Crippen LogP) is 4.70. The summed E-state index contributed by atoms with van der Waals surface area (Å²) in [5.74, 6) is 0. The van der Waals surface area contributed by atoms with Crippen LogP contribution in [0.25, 0.3) is 0 Å². The molecular formula is C19H24Cl2N2O. The summed E-state index contributed by atoms with van der Waals surface area (Å²) in [6.45, 7) is 6.75. The van der Waals surface area contributed by atoms with Crippen LogP contribution in [0.3, 0.4) is 0 Å². The average Bonchev–Trinajstić information content (AvgIpc) is 2.50. The number of benzene rings is 2. The van der Waals surface area contributed by atoms with Gasteiger partial charge in [0, 0.05) is 34.9 Å². The maximum absolute atomic E-state index is 6.34. The fraction of sp³-hybridized carbons (Fsp3) is 0.368. The smallest absolute Gasteiger partial charge is 0.0967 e. The lowest BCUT2D eigenvalue weighted by molar-refractivity contribution is -0.104. The number of halogens is 2. The van der Waals surface area contributed by atoms with Crippen molar-refractivity contribution in [3.63, 3.8) is 0 Å². The van der Waals surface area contributed by atoms with E-state index >= 15 is 0 Å². The Morgan fingerprint density at radius 3 is 2.67 bits per heavy atom. The summed E-state index contributed by atoms with van der Waals surface area (Å²) in [7, 11) is 0. The molecule has 1 aliphatic rings. The minimum Gasteiger partial charge on any atom is -0.399 e. The largest absolute Gasteiger partial charge is 0.399 e. The van der Waals surface area contributed by atoms with Gasteiger partial charge in [-0.3, -0.25) is 4.90 Å². The van der Waals surface area contributed by atoms with Gasteiger partial charge in [0.2, 0.25) is 0 Å². The number of nitrogens with two attached hydrogens (primary N) is 1. The highest BCUT2D eigenvalue weighted by Gasteiger charge is 2.36. The zero-order chi connectivity index (χ0) is 16.4. The summed E-state index contributed by atoms with van der Waals surface area (Å²) in [5.41, 5.74) is 8.96. The van der Waals surface area contributed by atoms with Crippen molar-refractivity contribution in [1.82, 2.24) is 4.90 Å². The average molecular weight is 367 g/mol. The molecule has 24 heavy (non-hydrogen) atoms. The first kappa shape index (κ1) is 19.1. The Bertz CT molecular complexity index is 691. The summed E-state index contributed by atoms with van der Waals surface area (Å²) in [6.07, 6.45) is -0.00205. The van der Waals surface area contributed by atoms with Gasteiger partial charge in [0.15, 0.2) is 0 Å². The molecule has 0 radical (unpaired) electrons. The van der Waals surface area contributed by atoms with Crippen molar-refractivity contribution in [2.45, 2.75) is 32.0 Å². The Kier molecular flexibility index (Phi) is 6.16. The summed E-state index contributed by atoms with van der Waals surface area (Å²) in [4.78, 5) is 2.44. The molecule has 0 saturated carbocycles. The van der Waals surface area contributed by atoms with Crippen molar-refractivity contribution in [1.29, 1.82) is 0 Å². The van der Waals surface area contributed by atoms with E-state index in [0.717, 1.165) is 29.4 Å². The number of hydrogen-bond donors (Lipinski definition) is 1.